The van der Waals surface area contributed by atoms with Crippen molar-refractivity contribution in [3.63, 3.8) is 0 Å². The van der Waals surface area contributed by atoms with Crippen LogP contribution < -0.4 is 4.74 Å². The second-order valence-electron chi connectivity index (χ2n) is 6.64. The zero-order chi connectivity index (χ0) is 20.1. The number of hydrogen-bond acceptors (Lipinski definition) is 3. The molecule has 4 aromatic rings. The van der Waals surface area contributed by atoms with Crippen molar-refractivity contribution in [2.75, 3.05) is 0 Å². The van der Waals surface area contributed by atoms with Crippen molar-refractivity contribution >= 4 is 9.84 Å². The van der Waals surface area contributed by atoms with Gasteiger partial charge in [-0.15, -0.1) is 0 Å². The number of benzene rings is 4. The van der Waals surface area contributed by atoms with Crippen molar-refractivity contribution in [3.05, 3.63) is 115 Å². The van der Waals surface area contributed by atoms with Gasteiger partial charge in [0.15, 0.2) is 0 Å². The van der Waals surface area contributed by atoms with E-state index in [-0.39, 0.29) is 9.79 Å². The van der Waals surface area contributed by atoms with Gasteiger partial charge in [0.25, 0.3) is 0 Å². The minimum absolute atomic E-state index is 0.247. The molecule has 0 aliphatic rings. The third-order valence-corrected chi connectivity index (χ3v) is 6.44. The maximum absolute atomic E-state index is 12.9. The number of rotatable bonds is 6. The topological polar surface area (TPSA) is 43.4 Å². The molecular weight excluding hydrogens is 380 g/mol. The Morgan fingerprint density at radius 1 is 0.552 bits per heavy atom. The lowest BCUT2D eigenvalue weighted by Gasteiger charge is -2.09. The van der Waals surface area contributed by atoms with Crippen molar-refractivity contribution in [1.82, 2.24) is 0 Å². The van der Waals surface area contributed by atoms with Gasteiger partial charge in [0.1, 0.15) is 12.4 Å². The summed E-state index contributed by atoms with van der Waals surface area (Å²) in [6.45, 7) is 0.438. The van der Waals surface area contributed by atoms with E-state index in [9.17, 15) is 8.42 Å². The van der Waals surface area contributed by atoms with Crippen LogP contribution in [0.5, 0.6) is 5.75 Å². The summed E-state index contributed by atoms with van der Waals surface area (Å²) in [5.41, 5.74) is 3.09. The number of ether oxygens (including phenoxy) is 1. The van der Waals surface area contributed by atoms with Gasteiger partial charge >= 0.3 is 0 Å². The Hall–Kier alpha value is -3.37. The number of hydrogen-bond donors (Lipinski definition) is 0. The fraction of sp³-hybridized carbons (Fsp3) is 0.0400. The fourth-order valence-corrected chi connectivity index (χ4v) is 4.31. The van der Waals surface area contributed by atoms with Gasteiger partial charge in [-0.05, 0) is 53.1 Å². The molecule has 0 bridgehead atoms. The normalized spacial score (nSPS) is 11.2. The lowest BCUT2D eigenvalue weighted by Crippen LogP contribution is -2.02. The van der Waals surface area contributed by atoms with Gasteiger partial charge in [0.2, 0.25) is 9.84 Å². The Morgan fingerprint density at radius 3 is 1.62 bits per heavy atom. The minimum Gasteiger partial charge on any atom is -0.489 e. The van der Waals surface area contributed by atoms with Crippen LogP contribution in [0.2, 0.25) is 0 Å². The Bertz CT molecular complexity index is 1170. The molecule has 4 rings (SSSR count). The number of sulfone groups is 1. The first kappa shape index (κ1) is 19.0. The highest BCUT2D eigenvalue weighted by atomic mass is 32.2. The zero-order valence-electron chi connectivity index (χ0n) is 15.7. The van der Waals surface area contributed by atoms with Crippen molar-refractivity contribution in [2.24, 2.45) is 0 Å². The highest BCUT2D eigenvalue weighted by molar-refractivity contribution is 7.91. The zero-order valence-corrected chi connectivity index (χ0v) is 16.5. The van der Waals surface area contributed by atoms with E-state index in [1.54, 1.807) is 36.4 Å². The lowest BCUT2D eigenvalue weighted by molar-refractivity contribution is 0.306. The first-order valence-electron chi connectivity index (χ1n) is 9.30. The van der Waals surface area contributed by atoms with Crippen LogP contribution in [0, 0.1) is 0 Å². The SMILES string of the molecule is O=S(=O)(c1ccc(OCc2ccccc2)cc1)c1ccc(-c2ccccc2)cc1. The summed E-state index contributed by atoms with van der Waals surface area (Å²) in [5, 5.41) is 0. The Kier molecular flexibility index (Phi) is 5.45. The molecule has 0 aromatic heterocycles. The van der Waals surface area contributed by atoms with Crippen LogP contribution in [0.25, 0.3) is 11.1 Å². The van der Waals surface area contributed by atoms with E-state index in [0.29, 0.717) is 12.4 Å². The lowest BCUT2D eigenvalue weighted by atomic mass is 10.1. The summed E-state index contributed by atoms with van der Waals surface area (Å²) in [4.78, 5) is 0.521. The van der Waals surface area contributed by atoms with Crippen LogP contribution >= 0.6 is 0 Å². The quantitative estimate of drug-likeness (QED) is 0.413. The van der Waals surface area contributed by atoms with E-state index < -0.39 is 9.84 Å². The smallest absolute Gasteiger partial charge is 0.206 e. The first-order valence-corrected chi connectivity index (χ1v) is 10.8. The molecule has 0 aliphatic heterocycles. The molecule has 3 nitrogen and oxygen atoms in total. The average Bonchev–Trinajstić information content (AvgIpc) is 2.79. The summed E-state index contributed by atoms with van der Waals surface area (Å²) < 4.78 is 31.6. The molecule has 4 aromatic carbocycles. The van der Waals surface area contributed by atoms with E-state index in [1.165, 1.54) is 0 Å². The van der Waals surface area contributed by atoms with Crippen LogP contribution in [-0.4, -0.2) is 8.42 Å². The molecule has 0 unspecified atom stereocenters. The molecular formula is C25H20O3S. The second kappa shape index (κ2) is 8.33. The molecule has 0 spiro atoms. The first-order chi connectivity index (χ1) is 14.1. The molecule has 0 fully saturated rings. The predicted molar refractivity (Wildman–Crippen MR) is 115 cm³/mol. The van der Waals surface area contributed by atoms with Gasteiger partial charge in [0.05, 0.1) is 9.79 Å². The summed E-state index contributed by atoms with van der Waals surface area (Å²) in [7, 11) is -3.58. The maximum atomic E-state index is 12.9. The molecule has 0 radical (unpaired) electrons. The van der Waals surface area contributed by atoms with E-state index in [2.05, 4.69) is 0 Å². The van der Waals surface area contributed by atoms with Crippen LogP contribution in [0.4, 0.5) is 0 Å². The molecule has 0 heterocycles. The van der Waals surface area contributed by atoms with Gasteiger partial charge in [-0.2, -0.15) is 0 Å². The largest absolute Gasteiger partial charge is 0.489 e. The van der Waals surface area contributed by atoms with Gasteiger partial charge < -0.3 is 4.74 Å². The predicted octanol–water partition coefficient (Wildman–Crippen LogP) is 5.77. The Balaban J connectivity index is 1.49. The van der Waals surface area contributed by atoms with Crippen LogP contribution in [0.15, 0.2) is 119 Å². The van der Waals surface area contributed by atoms with Crippen molar-refractivity contribution < 1.29 is 13.2 Å². The second-order valence-corrected chi connectivity index (χ2v) is 8.59. The third kappa shape index (κ3) is 4.39. The molecule has 144 valence electrons. The molecule has 0 N–H and O–H groups in total. The summed E-state index contributed by atoms with van der Waals surface area (Å²) in [6, 6.07) is 33.2. The molecule has 0 saturated carbocycles. The highest BCUT2D eigenvalue weighted by Crippen LogP contribution is 2.26. The van der Waals surface area contributed by atoms with Crippen LogP contribution in [0.1, 0.15) is 5.56 Å². The molecule has 0 aliphatic carbocycles. The van der Waals surface area contributed by atoms with Gasteiger partial charge in [-0.25, -0.2) is 8.42 Å². The summed E-state index contributed by atoms with van der Waals surface area (Å²) in [5.74, 6) is 0.632. The van der Waals surface area contributed by atoms with Crippen molar-refractivity contribution in [2.45, 2.75) is 16.4 Å². The van der Waals surface area contributed by atoms with Gasteiger partial charge in [-0.1, -0.05) is 72.8 Å². The third-order valence-electron chi connectivity index (χ3n) is 4.65. The Labute approximate surface area is 171 Å². The van der Waals surface area contributed by atoms with E-state index >= 15 is 0 Å². The summed E-state index contributed by atoms with van der Waals surface area (Å²) >= 11 is 0. The standard InChI is InChI=1S/C25H20O3S/c26-29(27,24-15-11-22(12-16-24)21-9-5-2-6-10-21)25-17-13-23(14-18-25)28-19-20-7-3-1-4-8-20/h1-18H,19H2. The van der Waals surface area contributed by atoms with Crippen LogP contribution in [0.3, 0.4) is 0 Å². The molecule has 0 saturated heterocycles. The van der Waals surface area contributed by atoms with Gasteiger partial charge in [-0.3, -0.25) is 0 Å². The molecule has 4 heteroatoms. The highest BCUT2D eigenvalue weighted by Gasteiger charge is 2.17. The maximum Gasteiger partial charge on any atom is 0.206 e. The van der Waals surface area contributed by atoms with E-state index in [1.807, 2.05) is 72.8 Å². The van der Waals surface area contributed by atoms with Crippen molar-refractivity contribution in [3.8, 4) is 16.9 Å². The summed E-state index contributed by atoms with van der Waals surface area (Å²) in [6.07, 6.45) is 0. The molecule has 0 atom stereocenters. The minimum atomic E-state index is -3.58. The molecule has 29 heavy (non-hydrogen) atoms. The van der Waals surface area contributed by atoms with Crippen molar-refractivity contribution in [1.29, 1.82) is 0 Å². The van der Waals surface area contributed by atoms with Gasteiger partial charge in [0, 0.05) is 0 Å². The van der Waals surface area contributed by atoms with E-state index in [0.717, 1.165) is 16.7 Å². The average molecular weight is 400 g/mol. The molecule has 0 amide bonds. The fourth-order valence-electron chi connectivity index (χ4n) is 3.05. The van der Waals surface area contributed by atoms with E-state index in [4.69, 9.17) is 4.74 Å². The van der Waals surface area contributed by atoms with Crippen LogP contribution in [-0.2, 0) is 16.4 Å². The Morgan fingerprint density at radius 2 is 1.03 bits per heavy atom. The monoisotopic (exact) mass is 400 g/mol.